The molecule has 0 unspecified atom stereocenters. The zero-order chi connectivity index (χ0) is 15.7. The Hall–Kier alpha value is -1.47. The Bertz CT molecular complexity index is 389. The second kappa shape index (κ2) is 5.49. The highest BCUT2D eigenvalue weighted by Crippen LogP contribution is 2.42. The standard InChI is InChI=1S/C12H18F3NO4/c1-11(2,3)20-10(19)16-8-5-6(9(17)18)4-7(8)12(13,14)15/h6-8H,4-5H2,1-3H3,(H,16,19)(H,17,18)/t6-,7+,8-/m0/s1. The quantitative estimate of drug-likeness (QED) is 0.821. The molecule has 1 rings (SSSR count). The van der Waals surface area contributed by atoms with Gasteiger partial charge in [0.1, 0.15) is 5.60 Å². The van der Waals surface area contributed by atoms with Gasteiger partial charge in [-0.15, -0.1) is 0 Å². The Morgan fingerprint density at radius 2 is 1.75 bits per heavy atom. The van der Waals surface area contributed by atoms with E-state index in [1.165, 1.54) is 0 Å². The highest BCUT2D eigenvalue weighted by atomic mass is 19.4. The van der Waals surface area contributed by atoms with Gasteiger partial charge in [-0.25, -0.2) is 4.79 Å². The molecule has 0 aromatic rings. The van der Waals surface area contributed by atoms with Crippen LogP contribution in [0.1, 0.15) is 33.6 Å². The molecule has 0 bridgehead atoms. The number of hydrogen-bond acceptors (Lipinski definition) is 3. The van der Waals surface area contributed by atoms with Crippen LogP contribution in [-0.2, 0) is 9.53 Å². The van der Waals surface area contributed by atoms with E-state index >= 15 is 0 Å². The maximum Gasteiger partial charge on any atom is 0.407 e. The molecule has 116 valence electrons. The average molecular weight is 297 g/mol. The molecule has 0 saturated heterocycles. The summed E-state index contributed by atoms with van der Waals surface area (Å²) in [7, 11) is 0. The van der Waals surface area contributed by atoms with Gasteiger partial charge >= 0.3 is 18.2 Å². The number of hydrogen-bond donors (Lipinski definition) is 2. The second-order valence-electron chi connectivity index (χ2n) is 5.91. The predicted molar refractivity (Wildman–Crippen MR) is 63.1 cm³/mol. The van der Waals surface area contributed by atoms with Gasteiger partial charge in [-0.2, -0.15) is 13.2 Å². The fraction of sp³-hybridized carbons (Fsp3) is 0.833. The molecule has 0 aromatic carbocycles. The number of aliphatic carboxylic acids is 1. The lowest BCUT2D eigenvalue weighted by molar-refractivity contribution is -0.178. The number of carboxylic acid groups (broad SMARTS) is 1. The fourth-order valence-corrected chi connectivity index (χ4v) is 2.22. The van der Waals surface area contributed by atoms with Crippen LogP contribution in [0.15, 0.2) is 0 Å². The van der Waals surface area contributed by atoms with E-state index in [-0.39, 0.29) is 6.42 Å². The summed E-state index contributed by atoms with van der Waals surface area (Å²) in [4.78, 5) is 22.3. The second-order valence-corrected chi connectivity index (χ2v) is 5.91. The van der Waals surface area contributed by atoms with Gasteiger partial charge in [-0.3, -0.25) is 4.79 Å². The molecule has 0 aliphatic heterocycles. The molecule has 20 heavy (non-hydrogen) atoms. The van der Waals surface area contributed by atoms with Crippen LogP contribution in [-0.4, -0.2) is 35.0 Å². The first-order valence-corrected chi connectivity index (χ1v) is 6.19. The minimum absolute atomic E-state index is 0.251. The van der Waals surface area contributed by atoms with Crippen LogP contribution in [0.2, 0.25) is 0 Å². The van der Waals surface area contributed by atoms with E-state index in [0.717, 1.165) is 0 Å². The summed E-state index contributed by atoms with van der Waals surface area (Å²) in [5.74, 6) is -4.26. The van der Waals surface area contributed by atoms with Crippen molar-refractivity contribution in [3.8, 4) is 0 Å². The molecule has 2 N–H and O–H groups in total. The highest BCUT2D eigenvalue weighted by Gasteiger charge is 2.52. The Balaban J connectivity index is 2.75. The lowest BCUT2D eigenvalue weighted by Crippen LogP contribution is -2.44. The molecule has 8 heteroatoms. The van der Waals surface area contributed by atoms with Gasteiger partial charge in [-0.05, 0) is 33.6 Å². The van der Waals surface area contributed by atoms with Crippen molar-refractivity contribution in [1.82, 2.24) is 5.32 Å². The largest absolute Gasteiger partial charge is 0.481 e. The maximum absolute atomic E-state index is 12.9. The number of amides is 1. The van der Waals surface area contributed by atoms with Crippen LogP contribution in [0, 0.1) is 11.8 Å². The van der Waals surface area contributed by atoms with Crippen LogP contribution >= 0.6 is 0 Å². The van der Waals surface area contributed by atoms with Gasteiger partial charge in [0.15, 0.2) is 0 Å². The third kappa shape index (κ3) is 4.57. The highest BCUT2D eigenvalue weighted by molar-refractivity contribution is 5.72. The fourth-order valence-electron chi connectivity index (χ4n) is 2.22. The molecule has 0 aromatic heterocycles. The van der Waals surface area contributed by atoms with Crippen molar-refractivity contribution in [3.05, 3.63) is 0 Å². The minimum atomic E-state index is -4.55. The number of halogens is 3. The molecule has 0 spiro atoms. The van der Waals surface area contributed by atoms with Gasteiger partial charge in [-0.1, -0.05) is 0 Å². The third-order valence-electron chi connectivity index (χ3n) is 3.03. The Labute approximate surface area is 114 Å². The van der Waals surface area contributed by atoms with Crippen molar-refractivity contribution in [2.75, 3.05) is 0 Å². The van der Waals surface area contributed by atoms with Gasteiger partial charge in [0.2, 0.25) is 0 Å². The summed E-state index contributed by atoms with van der Waals surface area (Å²) in [6, 6.07) is -1.27. The van der Waals surface area contributed by atoms with Crippen molar-refractivity contribution in [2.24, 2.45) is 11.8 Å². The Kier molecular flexibility index (Phi) is 4.55. The molecule has 3 atom stereocenters. The summed E-state index contributed by atoms with van der Waals surface area (Å²) in [6.07, 6.45) is -6.30. The zero-order valence-electron chi connectivity index (χ0n) is 11.5. The minimum Gasteiger partial charge on any atom is -0.481 e. The monoisotopic (exact) mass is 297 g/mol. The maximum atomic E-state index is 12.9. The number of rotatable bonds is 2. The smallest absolute Gasteiger partial charge is 0.407 e. The van der Waals surface area contributed by atoms with Crippen LogP contribution in [0.4, 0.5) is 18.0 Å². The number of alkyl halides is 3. The van der Waals surface area contributed by atoms with Crippen molar-refractivity contribution in [1.29, 1.82) is 0 Å². The summed E-state index contributed by atoms with van der Waals surface area (Å²) in [5, 5.41) is 11.0. The van der Waals surface area contributed by atoms with E-state index < -0.39 is 48.1 Å². The van der Waals surface area contributed by atoms with E-state index in [0.29, 0.717) is 0 Å². The van der Waals surface area contributed by atoms with Crippen molar-refractivity contribution >= 4 is 12.1 Å². The van der Waals surface area contributed by atoms with Crippen LogP contribution in [0.25, 0.3) is 0 Å². The van der Waals surface area contributed by atoms with E-state index in [2.05, 4.69) is 5.32 Å². The number of alkyl carbamates (subject to hydrolysis) is 1. The molecule has 1 saturated carbocycles. The molecule has 0 heterocycles. The van der Waals surface area contributed by atoms with Gasteiger partial charge in [0.05, 0.1) is 11.8 Å². The molecule has 5 nitrogen and oxygen atoms in total. The first-order valence-electron chi connectivity index (χ1n) is 6.19. The molecule has 1 aliphatic carbocycles. The van der Waals surface area contributed by atoms with E-state index in [9.17, 15) is 22.8 Å². The van der Waals surface area contributed by atoms with Gasteiger partial charge in [0, 0.05) is 6.04 Å². The summed E-state index contributed by atoms with van der Waals surface area (Å²) >= 11 is 0. The summed E-state index contributed by atoms with van der Waals surface area (Å²) < 4.78 is 43.4. The Morgan fingerprint density at radius 1 is 1.20 bits per heavy atom. The number of carbonyl (C=O) groups is 2. The van der Waals surface area contributed by atoms with Crippen LogP contribution < -0.4 is 5.32 Å². The number of carbonyl (C=O) groups excluding carboxylic acids is 1. The van der Waals surface area contributed by atoms with Crippen molar-refractivity contribution in [3.63, 3.8) is 0 Å². The van der Waals surface area contributed by atoms with Gasteiger partial charge in [0.25, 0.3) is 0 Å². The molecular weight excluding hydrogens is 279 g/mol. The SMILES string of the molecule is CC(C)(C)OC(=O)N[C@H]1C[C@@H](C(=O)O)C[C@H]1C(F)(F)F. The summed E-state index contributed by atoms with van der Waals surface area (Å²) in [5.41, 5.74) is -0.831. The average Bonchev–Trinajstić information content (AvgIpc) is 2.57. The van der Waals surface area contributed by atoms with Crippen LogP contribution in [0.5, 0.6) is 0 Å². The van der Waals surface area contributed by atoms with Gasteiger partial charge < -0.3 is 15.2 Å². The summed E-state index contributed by atoms with van der Waals surface area (Å²) in [6.45, 7) is 4.76. The normalized spacial score (nSPS) is 27.2. The van der Waals surface area contributed by atoms with E-state index in [4.69, 9.17) is 9.84 Å². The third-order valence-corrected chi connectivity index (χ3v) is 3.03. The number of carboxylic acids is 1. The first-order chi connectivity index (χ1) is 8.90. The molecule has 0 radical (unpaired) electrons. The molecule has 1 fully saturated rings. The van der Waals surface area contributed by atoms with E-state index in [1.54, 1.807) is 20.8 Å². The van der Waals surface area contributed by atoms with E-state index in [1.807, 2.05) is 0 Å². The zero-order valence-corrected chi connectivity index (χ0v) is 11.5. The number of ether oxygens (including phenoxy) is 1. The molecule has 1 amide bonds. The van der Waals surface area contributed by atoms with Crippen molar-refractivity contribution < 1.29 is 32.6 Å². The molecular formula is C12H18F3NO4. The Morgan fingerprint density at radius 3 is 2.15 bits per heavy atom. The molecule has 1 aliphatic rings. The lowest BCUT2D eigenvalue weighted by atomic mass is 10.0. The number of nitrogens with one attached hydrogen (secondary N) is 1. The first kappa shape index (κ1) is 16.6. The predicted octanol–water partition coefficient (Wildman–Crippen LogP) is 2.55. The van der Waals surface area contributed by atoms with Crippen LogP contribution in [0.3, 0.4) is 0 Å². The topological polar surface area (TPSA) is 75.6 Å². The lowest BCUT2D eigenvalue weighted by Gasteiger charge is -2.25. The van der Waals surface area contributed by atoms with Crippen molar-refractivity contribution in [2.45, 2.75) is 51.4 Å².